The number of nitrogens with two attached hydrogens (primary N) is 1. The van der Waals surface area contributed by atoms with Gasteiger partial charge in [0, 0.05) is 22.2 Å². The first kappa shape index (κ1) is 13.0. The molecule has 0 fully saturated rings. The van der Waals surface area contributed by atoms with Crippen molar-refractivity contribution in [1.82, 2.24) is 0 Å². The first-order chi connectivity index (χ1) is 9.79. The molecule has 0 aliphatic rings. The number of benzene rings is 2. The van der Waals surface area contributed by atoms with E-state index >= 15 is 0 Å². The molecule has 0 saturated carbocycles. The van der Waals surface area contributed by atoms with Crippen molar-refractivity contribution in [3.8, 4) is 11.5 Å². The molecule has 0 aliphatic carbocycles. The minimum absolute atomic E-state index is 0.158. The lowest BCUT2D eigenvalue weighted by Crippen LogP contribution is -1.99. The van der Waals surface area contributed by atoms with Gasteiger partial charge in [-0.25, -0.2) is 0 Å². The lowest BCUT2D eigenvalue weighted by Gasteiger charge is -2.08. The Labute approximate surface area is 121 Å². The van der Waals surface area contributed by atoms with E-state index in [1.165, 1.54) is 10.1 Å². The predicted octanol–water partition coefficient (Wildman–Crippen LogP) is 3.64. The number of aromatic hydroxyl groups is 1. The maximum atomic E-state index is 9.71. The van der Waals surface area contributed by atoms with Crippen LogP contribution in [-0.4, -0.2) is 5.11 Å². The largest absolute Gasteiger partial charge is 0.504 e. The number of hydrogen-bond acceptors (Lipinski definition) is 4. The summed E-state index contributed by atoms with van der Waals surface area (Å²) in [5, 5.41) is 13.0. The third kappa shape index (κ3) is 2.35. The van der Waals surface area contributed by atoms with E-state index in [2.05, 4.69) is 11.4 Å². The van der Waals surface area contributed by atoms with E-state index < -0.39 is 0 Å². The molecule has 0 bridgehead atoms. The number of rotatable bonds is 4. The fourth-order valence-corrected chi connectivity index (χ4v) is 3.24. The first-order valence-electron chi connectivity index (χ1n) is 6.38. The van der Waals surface area contributed by atoms with Crippen molar-refractivity contribution in [3.63, 3.8) is 0 Å². The average molecular weight is 285 g/mol. The number of hydrogen-bond donors (Lipinski definition) is 2. The molecule has 1 aromatic heterocycles. The smallest absolute Gasteiger partial charge is 0.161 e. The highest BCUT2D eigenvalue weighted by Crippen LogP contribution is 2.31. The second-order valence-corrected chi connectivity index (χ2v) is 5.42. The molecule has 20 heavy (non-hydrogen) atoms. The fourth-order valence-electron chi connectivity index (χ4n) is 2.24. The van der Waals surface area contributed by atoms with Gasteiger partial charge in [-0.05, 0) is 29.1 Å². The van der Waals surface area contributed by atoms with E-state index in [9.17, 15) is 5.11 Å². The van der Waals surface area contributed by atoms with Gasteiger partial charge < -0.3 is 15.6 Å². The minimum Gasteiger partial charge on any atom is -0.504 e. The number of fused-ring (bicyclic) bond motifs is 1. The zero-order valence-electron chi connectivity index (χ0n) is 10.9. The van der Waals surface area contributed by atoms with E-state index in [4.69, 9.17) is 10.5 Å². The molecular formula is C16H15NO2S. The van der Waals surface area contributed by atoms with Gasteiger partial charge in [-0.15, -0.1) is 11.3 Å². The summed E-state index contributed by atoms with van der Waals surface area (Å²) in [6, 6.07) is 13.1. The van der Waals surface area contributed by atoms with Crippen molar-refractivity contribution in [2.45, 2.75) is 13.2 Å². The lowest BCUT2D eigenvalue weighted by atomic mass is 10.1. The number of thiophene rings is 1. The zero-order valence-corrected chi connectivity index (χ0v) is 11.7. The Morgan fingerprint density at radius 2 is 1.90 bits per heavy atom. The number of phenols is 1. The van der Waals surface area contributed by atoms with Crippen molar-refractivity contribution < 1.29 is 9.84 Å². The summed E-state index contributed by atoms with van der Waals surface area (Å²) >= 11 is 1.68. The van der Waals surface area contributed by atoms with Crippen LogP contribution in [-0.2, 0) is 13.2 Å². The van der Waals surface area contributed by atoms with Crippen molar-refractivity contribution in [3.05, 3.63) is 59.0 Å². The summed E-state index contributed by atoms with van der Waals surface area (Å²) in [5.74, 6) is 0.656. The predicted molar refractivity (Wildman–Crippen MR) is 82.2 cm³/mol. The van der Waals surface area contributed by atoms with E-state index in [0.29, 0.717) is 18.9 Å². The summed E-state index contributed by atoms with van der Waals surface area (Å²) < 4.78 is 6.92. The Bertz CT molecular complexity index is 736. The molecule has 0 aliphatic heterocycles. The standard InChI is InChI=1S/C16H15NO2S/c17-8-11-4-3-7-15-16(11)12(10-20-15)9-19-14-6-2-1-5-13(14)18/h1-7,10,18H,8-9,17H2. The SMILES string of the molecule is NCc1cccc2scc(COc3ccccc3O)c12. The minimum atomic E-state index is 0.158. The molecule has 0 spiro atoms. The van der Waals surface area contributed by atoms with E-state index in [-0.39, 0.29) is 5.75 Å². The highest BCUT2D eigenvalue weighted by atomic mass is 32.1. The van der Waals surface area contributed by atoms with Gasteiger partial charge in [-0.2, -0.15) is 0 Å². The van der Waals surface area contributed by atoms with Crippen LogP contribution in [0.15, 0.2) is 47.8 Å². The Morgan fingerprint density at radius 1 is 1.05 bits per heavy atom. The van der Waals surface area contributed by atoms with Crippen LogP contribution in [0.5, 0.6) is 11.5 Å². The van der Waals surface area contributed by atoms with Crippen LogP contribution in [0.25, 0.3) is 10.1 Å². The summed E-state index contributed by atoms with van der Waals surface area (Å²) in [7, 11) is 0. The first-order valence-corrected chi connectivity index (χ1v) is 7.26. The summed E-state index contributed by atoms with van der Waals surface area (Å²) in [6.07, 6.45) is 0. The molecule has 2 aromatic carbocycles. The molecule has 0 amide bonds. The molecule has 1 heterocycles. The third-order valence-corrected chi connectivity index (χ3v) is 4.23. The van der Waals surface area contributed by atoms with Crippen molar-refractivity contribution in [2.24, 2.45) is 5.73 Å². The van der Waals surface area contributed by atoms with Gasteiger partial charge in [0.1, 0.15) is 6.61 Å². The Morgan fingerprint density at radius 3 is 2.70 bits per heavy atom. The molecule has 102 valence electrons. The summed E-state index contributed by atoms with van der Waals surface area (Å²) in [4.78, 5) is 0. The molecule has 3 rings (SSSR count). The topological polar surface area (TPSA) is 55.5 Å². The molecular weight excluding hydrogens is 270 g/mol. The Balaban J connectivity index is 1.90. The van der Waals surface area contributed by atoms with Crippen LogP contribution in [0, 0.1) is 0 Å². The third-order valence-electron chi connectivity index (χ3n) is 3.23. The molecule has 3 aromatic rings. The second kappa shape index (κ2) is 5.53. The number of phenolic OH excluding ortho intramolecular Hbond substituents is 1. The van der Waals surface area contributed by atoms with Crippen molar-refractivity contribution in [1.29, 1.82) is 0 Å². The van der Waals surface area contributed by atoms with Crippen molar-refractivity contribution in [2.75, 3.05) is 0 Å². The lowest BCUT2D eigenvalue weighted by molar-refractivity contribution is 0.290. The highest BCUT2D eigenvalue weighted by molar-refractivity contribution is 7.17. The van der Waals surface area contributed by atoms with Crippen LogP contribution in [0.2, 0.25) is 0 Å². The Kier molecular flexibility index (Phi) is 3.58. The fraction of sp³-hybridized carbons (Fsp3) is 0.125. The van der Waals surface area contributed by atoms with E-state index in [0.717, 1.165) is 11.1 Å². The van der Waals surface area contributed by atoms with E-state index in [1.54, 1.807) is 29.5 Å². The maximum absolute atomic E-state index is 9.71. The van der Waals surface area contributed by atoms with Crippen LogP contribution < -0.4 is 10.5 Å². The zero-order chi connectivity index (χ0) is 13.9. The number of para-hydroxylation sites is 2. The van der Waals surface area contributed by atoms with Crippen molar-refractivity contribution >= 4 is 21.4 Å². The normalized spacial score (nSPS) is 10.8. The summed E-state index contributed by atoms with van der Waals surface area (Å²) in [6.45, 7) is 0.937. The van der Waals surface area contributed by atoms with Gasteiger partial charge in [0.2, 0.25) is 0 Å². The van der Waals surface area contributed by atoms with Gasteiger partial charge in [0.25, 0.3) is 0 Å². The van der Waals surface area contributed by atoms with Gasteiger partial charge in [0.15, 0.2) is 11.5 Å². The second-order valence-electron chi connectivity index (χ2n) is 4.51. The van der Waals surface area contributed by atoms with Crippen LogP contribution in [0.4, 0.5) is 0 Å². The van der Waals surface area contributed by atoms with Gasteiger partial charge in [-0.3, -0.25) is 0 Å². The van der Waals surface area contributed by atoms with Crippen LogP contribution >= 0.6 is 11.3 Å². The molecule has 0 saturated heterocycles. The number of ether oxygens (including phenoxy) is 1. The average Bonchev–Trinajstić information content (AvgIpc) is 2.90. The molecule has 0 unspecified atom stereocenters. The van der Waals surface area contributed by atoms with Crippen LogP contribution in [0.1, 0.15) is 11.1 Å². The molecule has 4 heteroatoms. The summed E-state index contributed by atoms with van der Waals surface area (Å²) in [5.41, 5.74) is 8.03. The van der Waals surface area contributed by atoms with Crippen LogP contribution in [0.3, 0.4) is 0 Å². The monoisotopic (exact) mass is 285 g/mol. The van der Waals surface area contributed by atoms with Gasteiger partial charge in [-0.1, -0.05) is 24.3 Å². The van der Waals surface area contributed by atoms with E-state index in [1.807, 2.05) is 18.2 Å². The molecule has 3 nitrogen and oxygen atoms in total. The van der Waals surface area contributed by atoms with Gasteiger partial charge in [0.05, 0.1) is 0 Å². The highest BCUT2D eigenvalue weighted by Gasteiger charge is 2.09. The molecule has 3 N–H and O–H groups in total. The van der Waals surface area contributed by atoms with Gasteiger partial charge >= 0.3 is 0 Å². The Hall–Kier alpha value is -2.04. The quantitative estimate of drug-likeness (QED) is 0.769. The molecule has 0 atom stereocenters. The molecule has 0 radical (unpaired) electrons. The maximum Gasteiger partial charge on any atom is 0.161 e.